The fourth-order valence-electron chi connectivity index (χ4n) is 2.98. The van der Waals surface area contributed by atoms with E-state index in [0.717, 1.165) is 11.6 Å². The summed E-state index contributed by atoms with van der Waals surface area (Å²) >= 11 is 0. The highest BCUT2D eigenvalue weighted by Crippen LogP contribution is 2.23. The van der Waals surface area contributed by atoms with Crippen molar-refractivity contribution in [2.45, 2.75) is 26.8 Å². The van der Waals surface area contributed by atoms with E-state index in [2.05, 4.69) is 5.32 Å². The number of carbonyl (C=O) groups is 2. The van der Waals surface area contributed by atoms with Gasteiger partial charge in [-0.1, -0.05) is 13.0 Å². The zero-order valence-electron chi connectivity index (χ0n) is 14.5. The van der Waals surface area contributed by atoms with Crippen LogP contribution in [0.2, 0.25) is 0 Å². The third-order valence-corrected chi connectivity index (χ3v) is 4.34. The summed E-state index contributed by atoms with van der Waals surface area (Å²) in [4.78, 5) is 23.9. The summed E-state index contributed by atoms with van der Waals surface area (Å²) in [5.74, 6) is -2.44. The van der Waals surface area contributed by atoms with Gasteiger partial charge in [0.25, 0.3) is 5.91 Å². The van der Waals surface area contributed by atoms with Gasteiger partial charge in [0, 0.05) is 35.6 Å². The molecule has 0 aliphatic rings. The highest BCUT2D eigenvalue weighted by molar-refractivity contribution is 5.96. The van der Waals surface area contributed by atoms with Crippen LogP contribution in [0.1, 0.15) is 45.7 Å². The van der Waals surface area contributed by atoms with Crippen molar-refractivity contribution in [2.24, 2.45) is 0 Å². The SMILES string of the molecule is CCc1c(C(C)=O)cc(F)c(CNC(=O)c2cc3ccccn3c2)c1F. The molecule has 0 spiro atoms. The largest absolute Gasteiger partial charge is 0.348 e. The average molecular weight is 356 g/mol. The van der Waals surface area contributed by atoms with E-state index in [9.17, 15) is 18.4 Å². The summed E-state index contributed by atoms with van der Waals surface area (Å²) in [5.41, 5.74) is 1.19. The zero-order chi connectivity index (χ0) is 18.8. The molecule has 1 N–H and O–H groups in total. The molecule has 26 heavy (non-hydrogen) atoms. The van der Waals surface area contributed by atoms with Gasteiger partial charge in [0.2, 0.25) is 0 Å². The van der Waals surface area contributed by atoms with Crippen LogP contribution < -0.4 is 5.32 Å². The van der Waals surface area contributed by atoms with Crippen molar-refractivity contribution in [3.05, 3.63) is 76.6 Å². The first kappa shape index (κ1) is 17.8. The van der Waals surface area contributed by atoms with Crippen molar-refractivity contribution in [3.8, 4) is 0 Å². The van der Waals surface area contributed by atoms with E-state index in [1.54, 1.807) is 29.8 Å². The Balaban J connectivity index is 1.85. The van der Waals surface area contributed by atoms with Crippen LogP contribution >= 0.6 is 0 Å². The summed E-state index contributed by atoms with van der Waals surface area (Å²) in [6.07, 6.45) is 3.71. The molecule has 0 aliphatic heterocycles. The topological polar surface area (TPSA) is 50.6 Å². The molecule has 0 unspecified atom stereocenters. The Morgan fingerprint density at radius 1 is 1.15 bits per heavy atom. The smallest absolute Gasteiger partial charge is 0.253 e. The number of amides is 1. The molecule has 0 bridgehead atoms. The second-order valence-corrected chi connectivity index (χ2v) is 6.03. The van der Waals surface area contributed by atoms with E-state index in [4.69, 9.17) is 0 Å². The molecule has 0 fully saturated rings. The minimum atomic E-state index is -0.841. The summed E-state index contributed by atoms with van der Waals surface area (Å²) in [6.45, 7) is 2.66. The molecule has 4 nitrogen and oxygen atoms in total. The number of Topliss-reactive ketones (excluding diaryl/α,β-unsaturated/α-hetero) is 1. The lowest BCUT2D eigenvalue weighted by molar-refractivity contribution is 0.0948. The molecular formula is C20H18F2N2O2. The lowest BCUT2D eigenvalue weighted by Crippen LogP contribution is -2.24. The van der Waals surface area contributed by atoms with Gasteiger partial charge in [-0.2, -0.15) is 0 Å². The van der Waals surface area contributed by atoms with Gasteiger partial charge in [0.1, 0.15) is 11.6 Å². The molecule has 2 heterocycles. The van der Waals surface area contributed by atoms with Gasteiger partial charge in [-0.3, -0.25) is 9.59 Å². The maximum absolute atomic E-state index is 14.6. The van der Waals surface area contributed by atoms with E-state index < -0.39 is 23.3 Å². The molecule has 3 aromatic rings. The van der Waals surface area contributed by atoms with Crippen molar-refractivity contribution < 1.29 is 18.4 Å². The number of pyridine rings is 1. The van der Waals surface area contributed by atoms with Crippen LogP contribution in [-0.2, 0) is 13.0 Å². The van der Waals surface area contributed by atoms with Crippen LogP contribution in [0.5, 0.6) is 0 Å². The van der Waals surface area contributed by atoms with Crippen molar-refractivity contribution in [1.29, 1.82) is 0 Å². The average Bonchev–Trinajstić information content (AvgIpc) is 3.05. The number of fused-ring (bicyclic) bond motifs is 1. The molecule has 3 rings (SSSR count). The molecule has 1 aromatic carbocycles. The molecule has 1 amide bonds. The van der Waals surface area contributed by atoms with Gasteiger partial charge in [-0.05, 0) is 43.2 Å². The van der Waals surface area contributed by atoms with Crippen molar-refractivity contribution in [3.63, 3.8) is 0 Å². The summed E-state index contributed by atoms with van der Waals surface area (Å²) in [7, 11) is 0. The molecule has 6 heteroatoms. The number of benzene rings is 1. The number of ketones is 1. The molecule has 0 saturated carbocycles. The Labute approximate surface area is 149 Å². The van der Waals surface area contributed by atoms with Crippen LogP contribution in [0.25, 0.3) is 5.52 Å². The van der Waals surface area contributed by atoms with E-state index in [0.29, 0.717) is 5.56 Å². The van der Waals surface area contributed by atoms with E-state index >= 15 is 0 Å². The second kappa shape index (κ2) is 7.07. The van der Waals surface area contributed by atoms with Crippen LogP contribution in [0.3, 0.4) is 0 Å². The molecule has 0 aliphatic carbocycles. The number of rotatable bonds is 5. The van der Waals surface area contributed by atoms with E-state index in [1.165, 1.54) is 6.92 Å². The standard InChI is InChI=1S/C20H18F2N2O2/c1-3-15-16(12(2)25)9-18(21)17(19(15)22)10-23-20(26)13-8-14-6-4-5-7-24(14)11-13/h4-9,11H,3,10H2,1-2H3,(H,23,26). The maximum atomic E-state index is 14.6. The number of halogens is 2. The van der Waals surface area contributed by atoms with Gasteiger partial charge in [-0.15, -0.1) is 0 Å². The van der Waals surface area contributed by atoms with Gasteiger partial charge < -0.3 is 9.72 Å². The highest BCUT2D eigenvalue weighted by Gasteiger charge is 2.20. The van der Waals surface area contributed by atoms with Crippen LogP contribution in [0, 0.1) is 11.6 Å². The lowest BCUT2D eigenvalue weighted by atomic mass is 9.97. The van der Waals surface area contributed by atoms with Crippen LogP contribution in [-0.4, -0.2) is 16.1 Å². The van der Waals surface area contributed by atoms with E-state index in [1.807, 2.05) is 18.2 Å². The van der Waals surface area contributed by atoms with Gasteiger partial charge in [-0.25, -0.2) is 8.78 Å². The molecule has 2 aromatic heterocycles. The van der Waals surface area contributed by atoms with Crippen molar-refractivity contribution in [1.82, 2.24) is 9.72 Å². The first-order valence-electron chi connectivity index (χ1n) is 8.28. The third-order valence-electron chi connectivity index (χ3n) is 4.34. The molecular weight excluding hydrogens is 338 g/mol. The first-order chi connectivity index (χ1) is 12.4. The number of nitrogens with zero attached hydrogens (tertiary/aromatic N) is 1. The summed E-state index contributed by atoms with van der Waals surface area (Å²) in [5, 5.41) is 2.54. The Morgan fingerprint density at radius 3 is 2.58 bits per heavy atom. The zero-order valence-corrected chi connectivity index (χ0v) is 14.5. The second-order valence-electron chi connectivity index (χ2n) is 6.03. The van der Waals surface area contributed by atoms with Crippen molar-refractivity contribution in [2.75, 3.05) is 0 Å². The predicted octanol–water partition coefficient (Wildman–Crippen LogP) is 3.91. The lowest BCUT2D eigenvalue weighted by Gasteiger charge is -2.13. The Hall–Kier alpha value is -3.02. The van der Waals surface area contributed by atoms with Gasteiger partial charge in [0.05, 0.1) is 5.56 Å². The number of carbonyl (C=O) groups excluding carboxylic acids is 2. The number of aromatic nitrogens is 1. The number of hydrogen-bond donors (Lipinski definition) is 1. The van der Waals surface area contributed by atoms with Gasteiger partial charge in [0.15, 0.2) is 5.78 Å². The van der Waals surface area contributed by atoms with Crippen LogP contribution in [0.15, 0.2) is 42.7 Å². The third kappa shape index (κ3) is 3.22. The minimum Gasteiger partial charge on any atom is -0.348 e. The fourth-order valence-corrected chi connectivity index (χ4v) is 2.98. The summed E-state index contributed by atoms with van der Waals surface area (Å²) in [6, 6.07) is 8.27. The highest BCUT2D eigenvalue weighted by atomic mass is 19.1. The van der Waals surface area contributed by atoms with Crippen LogP contribution in [0.4, 0.5) is 8.78 Å². The normalized spacial score (nSPS) is 10.9. The Kier molecular flexibility index (Phi) is 4.84. The predicted molar refractivity (Wildman–Crippen MR) is 94.3 cm³/mol. The number of hydrogen-bond acceptors (Lipinski definition) is 2. The minimum absolute atomic E-state index is 0.0382. The monoisotopic (exact) mass is 356 g/mol. The molecule has 134 valence electrons. The first-order valence-corrected chi connectivity index (χ1v) is 8.28. The Bertz CT molecular complexity index is 975. The van der Waals surface area contributed by atoms with Crippen molar-refractivity contribution >= 4 is 17.2 Å². The Morgan fingerprint density at radius 2 is 1.92 bits per heavy atom. The molecule has 0 saturated heterocycles. The summed E-state index contributed by atoms with van der Waals surface area (Å²) < 4.78 is 30.7. The maximum Gasteiger partial charge on any atom is 0.253 e. The fraction of sp³-hybridized carbons (Fsp3) is 0.200. The van der Waals surface area contributed by atoms with E-state index in [-0.39, 0.29) is 29.7 Å². The number of nitrogens with one attached hydrogen (secondary N) is 1. The molecule has 0 radical (unpaired) electrons. The molecule has 0 atom stereocenters. The van der Waals surface area contributed by atoms with Gasteiger partial charge >= 0.3 is 0 Å². The quantitative estimate of drug-likeness (QED) is 0.705.